The molecule has 0 saturated heterocycles. The Balaban J connectivity index is 1.81. The lowest BCUT2D eigenvalue weighted by atomic mass is 9.76. The van der Waals surface area contributed by atoms with Gasteiger partial charge >= 0.3 is 0 Å². The van der Waals surface area contributed by atoms with Crippen LogP contribution in [0.1, 0.15) is 35.1 Å². The molecule has 2 aliphatic rings. The number of benzene rings is 2. The third-order valence-electron chi connectivity index (χ3n) is 5.04. The van der Waals surface area contributed by atoms with Crippen molar-refractivity contribution in [2.45, 2.75) is 25.3 Å². The van der Waals surface area contributed by atoms with Crippen molar-refractivity contribution in [1.82, 2.24) is 0 Å². The fourth-order valence-corrected chi connectivity index (χ4v) is 4.14. The van der Waals surface area contributed by atoms with Crippen molar-refractivity contribution in [1.29, 1.82) is 0 Å². The van der Waals surface area contributed by atoms with Gasteiger partial charge < -0.3 is 5.32 Å². The topological polar surface area (TPSA) is 55.2 Å². The maximum Gasteiger partial charge on any atom is 0.269 e. The number of nitro groups is 1. The molecular weight excluding hydrogens is 324 g/mol. The molecule has 5 heteroatoms. The van der Waals surface area contributed by atoms with E-state index >= 15 is 0 Å². The quantitative estimate of drug-likeness (QED) is 0.453. The van der Waals surface area contributed by atoms with Gasteiger partial charge in [0, 0.05) is 34.3 Å². The van der Waals surface area contributed by atoms with Crippen molar-refractivity contribution in [3.63, 3.8) is 0 Å². The van der Waals surface area contributed by atoms with Gasteiger partial charge in [0.05, 0.1) is 11.0 Å². The summed E-state index contributed by atoms with van der Waals surface area (Å²) in [5.74, 6) is 0.639. The highest BCUT2D eigenvalue weighted by molar-refractivity contribution is 6.31. The Bertz CT molecular complexity index is 862. The molecule has 0 amide bonds. The van der Waals surface area contributed by atoms with Crippen LogP contribution in [0.4, 0.5) is 11.4 Å². The van der Waals surface area contributed by atoms with Crippen molar-refractivity contribution in [2.75, 3.05) is 5.32 Å². The Hall–Kier alpha value is -2.33. The maximum atomic E-state index is 11.1. The van der Waals surface area contributed by atoms with Crippen molar-refractivity contribution in [3.05, 3.63) is 80.4 Å². The molecule has 4 rings (SSSR count). The number of anilines is 1. The molecule has 0 radical (unpaired) electrons. The van der Waals surface area contributed by atoms with Crippen LogP contribution < -0.4 is 5.32 Å². The van der Waals surface area contributed by atoms with Crippen molar-refractivity contribution < 1.29 is 4.92 Å². The predicted octanol–water partition coefficient (Wildman–Crippen LogP) is 5.38. The summed E-state index contributed by atoms with van der Waals surface area (Å²) in [6.07, 6.45) is 5.39. The van der Waals surface area contributed by atoms with E-state index in [-0.39, 0.29) is 16.7 Å². The number of nitro benzene ring substituents is 1. The van der Waals surface area contributed by atoms with Crippen LogP contribution >= 0.6 is 11.6 Å². The molecule has 0 saturated carbocycles. The molecule has 122 valence electrons. The monoisotopic (exact) mass is 340 g/mol. The van der Waals surface area contributed by atoms with Gasteiger partial charge in [-0.3, -0.25) is 10.1 Å². The van der Waals surface area contributed by atoms with Crippen molar-refractivity contribution >= 4 is 23.0 Å². The molecule has 24 heavy (non-hydrogen) atoms. The lowest BCUT2D eigenvalue weighted by Crippen LogP contribution is -2.29. The van der Waals surface area contributed by atoms with E-state index < -0.39 is 0 Å². The number of aryl methyl sites for hydroxylation is 1. The van der Waals surface area contributed by atoms with Crippen LogP contribution in [0.3, 0.4) is 0 Å². The number of halogens is 1. The standard InChI is InChI=1S/C19H17ClN2O2/c1-11-5-8-18-15(9-11)13-3-2-4-14(13)19(21-18)16-10-12(22(23)24)6-7-17(16)20/h2-3,5-10,13-14,19,21H,4H2,1H3/t13-,14+,19-/m1/s1. The van der Waals surface area contributed by atoms with E-state index in [2.05, 4.69) is 42.6 Å². The van der Waals surface area contributed by atoms with Gasteiger partial charge in [0.1, 0.15) is 0 Å². The summed E-state index contributed by atoms with van der Waals surface area (Å²) in [6.45, 7) is 2.09. The van der Waals surface area contributed by atoms with Crippen LogP contribution in [0.25, 0.3) is 0 Å². The molecule has 1 heterocycles. The first-order valence-electron chi connectivity index (χ1n) is 8.02. The Morgan fingerprint density at radius 1 is 1.21 bits per heavy atom. The fraction of sp³-hybridized carbons (Fsp3) is 0.263. The number of rotatable bonds is 2. The van der Waals surface area contributed by atoms with Gasteiger partial charge in [-0.05, 0) is 37.0 Å². The van der Waals surface area contributed by atoms with Gasteiger partial charge in [-0.15, -0.1) is 0 Å². The fourth-order valence-electron chi connectivity index (χ4n) is 3.90. The Morgan fingerprint density at radius 2 is 2.04 bits per heavy atom. The molecule has 2 aromatic carbocycles. The molecule has 4 nitrogen and oxygen atoms in total. The highest BCUT2D eigenvalue weighted by atomic mass is 35.5. The number of hydrogen-bond donors (Lipinski definition) is 1. The van der Waals surface area contributed by atoms with Crippen molar-refractivity contribution in [3.8, 4) is 0 Å². The highest BCUT2D eigenvalue weighted by Crippen LogP contribution is 2.51. The highest BCUT2D eigenvalue weighted by Gasteiger charge is 2.39. The van der Waals surface area contributed by atoms with E-state index in [0.29, 0.717) is 16.9 Å². The second kappa shape index (κ2) is 5.64. The van der Waals surface area contributed by atoms with E-state index in [1.807, 2.05) is 0 Å². The van der Waals surface area contributed by atoms with Crippen LogP contribution in [0.5, 0.6) is 0 Å². The molecule has 0 unspecified atom stereocenters. The van der Waals surface area contributed by atoms with Gasteiger partial charge in [0.15, 0.2) is 0 Å². The minimum absolute atomic E-state index is 0.0346. The minimum atomic E-state index is -0.371. The average Bonchev–Trinajstić information content (AvgIpc) is 3.04. The van der Waals surface area contributed by atoms with E-state index in [0.717, 1.165) is 17.7 Å². The second-order valence-corrected chi connectivity index (χ2v) is 6.94. The van der Waals surface area contributed by atoms with Crippen molar-refractivity contribution in [2.24, 2.45) is 5.92 Å². The summed E-state index contributed by atoms with van der Waals surface area (Å²) < 4.78 is 0. The first kappa shape index (κ1) is 15.2. The molecule has 0 bridgehead atoms. The number of nitrogens with one attached hydrogen (secondary N) is 1. The van der Waals surface area contributed by atoms with E-state index in [1.54, 1.807) is 12.1 Å². The first-order valence-corrected chi connectivity index (χ1v) is 8.40. The number of fused-ring (bicyclic) bond motifs is 3. The SMILES string of the molecule is Cc1ccc2c(c1)[C@@H]1C=CC[C@@H]1[C@H](c1cc([N+](=O)[O-])ccc1Cl)N2. The summed E-state index contributed by atoms with van der Waals surface area (Å²) in [7, 11) is 0. The number of allylic oxidation sites excluding steroid dienone is 2. The molecule has 0 aromatic heterocycles. The molecule has 0 spiro atoms. The van der Waals surface area contributed by atoms with Crippen LogP contribution in [0.2, 0.25) is 5.02 Å². The van der Waals surface area contributed by atoms with E-state index in [4.69, 9.17) is 11.6 Å². The summed E-state index contributed by atoms with van der Waals surface area (Å²) in [5.41, 5.74) is 4.50. The van der Waals surface area contributed by atoms with Crippen LogP contribution in [-0.4, -0.2) is 4.92 Å². The first-order chi connectivity index (χ1) is 11.5. The maximum absolute atomic E-state index is 11.1. The van der Waals surface area contributed by atoms with Gasteiger partial charge in [-0.25, -0.2) is 0 Å². The summed E-state index contributed by atoms with van der Waals surface area (Å²) in [4.78, 5) is 10.8. The largest absolute Gasteiger partial charge is 0.378 e. The zero-order valence-corrected chi connectivity index (χ0v) is 14.0. The van der Waals surface area contributed by atoms with Crippen LogP contribution in [-0.2, 0) is 0 Å². The number of nitrogens with zero attached hydrogens (tertiary/aromatic N) is 1. The molecule has 2 aromatic rings. The zero-order valence-electron chi connectivity index (χ0n) is 13.2. The average molecular weight is 341 g/mol. The number of hydrogen-bond acceptors (Lipinski definition) is 3. The third-order valence-corrected chi connectivity index (χ3v) is 5.39. The summed E-state index contributed by atoms with van der Waals surface area (Å²) in [6, 6.07) is 11.0. The predicted molar refractivity (Wildman–Crippen MR) is 95.6 cm³/mol. The minimum Gasteiger partial charge on any atom is -0.378 e. The number of non-ortho nitro benzene ring substituents is 1. The third kappa shape index (κ3) is 2.38. The Morgan fingerprint density at radius 3 is 2.83 bits per heavy atom. The molecule has 0 fully saturated rings. The molecule has 1 aliphatic carbocycles. The summed E-state index contributed by atoms with van der Waals surface area (Å²) in [5, 5.41) is 15.3. The van der Waals surface area contributed by atoms with Crippen LogP contribution in [0.15, 0.2) is 48.6 Å². The Kier molecular flexibility index (Phi) is 3.57. The van der Waals surface area contributed by atoms with Crippen LogP contribution in [0, 0.1) is 23.0 Å². The smallest absolute Gasteiger partial charge is 0.269 e. The van der Waals surface area contributed by atoms with Gasteiger partial charge in [0.25, 0.3) is 5.69 Å². The normalized spacial score (nSPS) is 24.2. The van der Waals surface area contributed by atoms with Gasteiger partial charge in [-0.1, -0.05) is 41.4 Å². The Labute approximate surface area is 145 Å². The zero-order chi connectivity index (χ0) is 16.8. The lowest BCUT2D eigenvalue weighted by molar-refractivity contribution is -0.384. The van der Waals surface area contributed by atoms with E-state index in [1.165, 1.54) is 17.2 Å². The second-order valence-electron chi connectivity index (χ2n) is 6.53. The van der Waals surface area contributed by atoms with Gasteiger partial charge in [-0.2, -0.15) is 0 Å². The molecule has 1 aliphatic heterocycles. The lowest BCUT2D eigenvalue weighted by Gasteiger charge is -2.38. The molecule has 3 atom stereocenters. The molecule has 1 N–H and O–H groups in total. The van der Waals surface area contributed by atoms with E-state index in [9.17, 15) is 10.1 Å². The summed E-state index contributed by atoms with van der Waals surface area (Å²) >= 11 is 6.39. The van der Waals surface area contributed by atoms with Gasteiger partial charge in [0.2, 0.25) is 0 Å². The molecular formula is C19H17ClN2O2.